The molecule has 0 bridgehead atoms. The zero-order chi connectivity index (χ0) is 11.5. The van der Waals surface area contributed by atoms with E-state index in [2.05, 4.69) is 9.97 Å². The Balaban J connectivity index is 2.29. The quantitative estimate of drug-likeness (QED) is 0.800. The second kappa shape index (κ2) is 4.78. The topological polar surface area (TPSA) is 71.8 Å². The Morgan fingerprint density at radius 2 is 2.12 bits per heavy atom. The van der Waals surface area contributed by atoms with E-state index in [9.17, 15) is 4.79 Å². The summed E-state index contributed by atoms with van der Waals surface area (Å²) in [6.45, 7) is 1.85. The number of hydrogen-bond acceptors (Lipinski definition) is 3. The van der Waals surface area contributed by atoms with Gasteiger partial charge < -0.3 is 10.7 Å². The van der Waals surface area contributed by atoms with Crippen LogP contribution in [0.3, 0.4) is 0 Å². The molecule has 0 amide bonds. The predicted octanol–water partition coefficient (Wildman–Crippen LogP) is 1.84. The minimum Gasteiger partial charge on any atom is -0.323 e. The maximum atomic E-state index is 11.5. The third-order valence-electron chi connectivity index (χ3n) is 3.24. The summed E-state index contributed by atoms with van der Waals surface area (Å²) in [7, 11) is 0. The monoisotopic (exact) mass is 221 g/mol. The smallest absolute Gasteiger partial charge is 0.251 e. The molecule has 1 aliphatic carbocycles. The molecular formula is C12H19N3O. The van der Waals surface area contributed by atoms with Crippen LogP contribution >= 0.6 is 0 Å². The maximum absolute atomic E-state index is 11.5. The van der Waals surface area contributed by atoms with Gasteiger partial charge in [0, 0.05) is 18.0 Å². The molecule has 3 N–H and O–H groups in total. The zero-order valence-electron chi connectivity index (χ0n) is 9.70. The number of aromatic nitrogens is 2. The second-order valence-corrected chi connectivity index (χ2v) is 4.68. The van der Waals surface area contributed by atoms with Gasteiger partial charge in [0.05, 0.1) is 5.69 Å². The van der Waals surface area contributed by atoms with Crippen LogP contribution in [0.1, 0.15) is 62.5 Å². The first-order valence-electron chi connectivity index (χ1n) is 6.03. The van der Waals surface area contributed by atoms with Crippen LogP contribution in [0.2, 0.25) is 0 Å². The molecule has 1 atom stereocenters. The van der Waals surface area contributed by atoms with Gasteiger partial charge in [0.1, 0.15) is 5.82 Å². The van der Waals surface area contributed by atoms with Crippen LogP contribution in [0.5, 0.6) is 0 Å². The molecule has 0 radical (unpaired) electrons. The molecule has 1 unspecified atom stereocenters. The van der Waals surface area contributed by atoms with Crippen molar-refractivity contribution in [3.8, 4) is 0 Å². The normalized spacial score (nSPS) is 19.6. The maximum Gasteiger partial charge on any atom is 0.251 e. The molecule has 0 spiro atoms. The van der Waals surface area contributed by atoms with E-state index in [1.807, 2.05) is 6.92 Å². The molecule has 1 aromatic rings. The first-order valence-corrected chi connectivity index (χ1v) is 6.03. The van der Waals surface area contributed by atoms with Gasteiger partial charge in [0.2, 0.25) is 0 Å². The van der Waals surface area contributed by atoms with Gasteiger partial charge in [-0.3, -0.25) is 4.79 Å². The van der Waals surface area contributed by atoms with Gasteiger partial charge in [-0.15, -0.1) is 0 Å². The summed E-state index contributed by atoms with van der Waals surface area (Å²) in [6, 6.07) is 1.32. The van der Waals surface area contributed by atoms with Crippen molar-refractivity contribution in [3.63, 3.8) is 0 Å². The van der Waals surface area contributed by atoms with Crippen molar-refractivity contribution < 1.29 is 0 Å². The third kappa shape index (κ3) is 2.50. The van der Waals surface area contributed by atoms with E-state index < -0.39 is 0 Å². The Bertz CT molecular complexity index is 405. The molecule has 1 heterocycles. The molecule has 2 rings (SSSR count). The SMILES string of the molecule is CC(N)c1cc(=O)[nH]c(C2CCCCC2)n1. The number of nitrogens with one attached hydrogen (secondary N) is 1. The summed E-state index contributed by atoms with van der Waals surface area (Å²) >= 11 is 0. The number of nitrogens with zero attached hydrogens (tertiary/aromatic N) is 1. The van der Waals surface area contributed by atoms with Gasteiger partial charge in [-0.1, -0.05) is 19.3 Å². The average molecular weight is 221 g/mol. The summed E-state index contributed by atoms with van der Waals surface area (Å²) in [5.41, 5.74) is 6.38. The van der Waals surface area contributed by atoms with Crippen LogP contribution in [-0.2, 0) is 0 Å². The van der Waals surface area contributed by atoms with Crippen molar-refractivity contribution in [2.75, 3.05) is 0 Å². The molecule has 0 aromatic carbocycles. The minimum absolute atomic E-state index is 0.0807. The third-order valence-corrected chi connectivity index (χ3v) is 3.24. The van der Waals surface area contributed by atoms with Gasteiger partial charge >= 0.3 is 0 Å². The molecule has 1 aliphatic rings. The number of hydrogen-bond donors (Lipinski definition) is 2. The highest BCUT2D eigenvalue weighted by Crippen LogP contribution is 2.30. The summed E-state index contributed by atoms with van der Waals surface area (Å²) < 4.78 is 0. The van der Waals surface area contributed by atoms with E-state index in [0.717, 1.165) is 18.7 Å². The van der Waals surface area contributed by atoms with E-state index in [1.165, 1.54) is 25.3 Å². The largest absolute Gasteiger partial charge is 0.323 e. The van der Waals surface area contributed by atoms with E-state index in [1.54, 1.807) is 0 Å². The molecule has 1 saturated carbocycles. The number of H-pyrrole nitrogens is 1. The van der Waals surface area contributed by atoms with Crippen molar-refractivity contribution >= 4 is 0 Å². The Labute approximate surface area is 95.3 Å². The summed E-state index contributed by atoms with van der Waals surface area (Å²) in [5.74, 6) is 1.25. The van der Waals surface area contributed by atoms with Crippen LogP contribution in [0.4, 0.5) is 0 Å². The van der Waals surface area contributed by atoms with Gasteiger partial charge in [-0.05, 0) is 19.8 Å². The highest BCUT2D eigenvalue weighted by Gasteiger charge is 2.18. The molecule has 88 valence electrons. The lowest BCUT2D eigenvalue weighted by atomic mass is 9.88. The van der Waals surface area contributed by atoms with E-state index in [-0.39, 0.29) is 11.6 Å². The van der Waals surface area contributed by atoms with Crippen molar-refractivity contribution in [2.24, 2.45) is 5.73 Å². The Morgan fingerprint density at radius 3 is 2.75 bits per heavy atom. The predicted molar refractivity (Wildman–Crippen MR) is 63.3 cm³/mol. The molecule has 4 heteroatoms. The summed E-state index contributed by atoms with van der Waals surface area (Å²) in [4.78, 5) is 18.8. The number of aromatic amines is 1. The van der Waals surface area contributed by atoms with Gasteiger partial charge in [-0.25, -0.2) is 4.98 Å². The first kappa shape index (κ1) is 11.3. The first-order chi connectivity index (χ1) is 7.66. The fraction of sp³-hybridized carbons (Fsp3) is 0.667. The van der Waals surface area contributed by atoms with Crippen LogP contribution in [-0.4, -0.2) is 9.97 Å². The molecule has 1 aromatic heterocycles. The fourth-order valence-electron chi connectivity index (χ4n) is 2.30. The van der Waals surface area contributed by atoms with Crippen LogP contribution in [0.15, 0.2) is 10.9 Å². The Morgan fingerprint density at radius 1 is 1.44 bits per heavy atom. The lowest BCUT2D eigenvalue weighted by Gasteiger charge is -2.21. The highest BCUT2D eigenvalue weighted by atomic mass is 16.1. The van der Waals surface area contributed by atoms with E-state index >= 15 is 0 Å². The Hall–Kier alpha value is -1.16. The average Bonchev–Trinajstić information content (AvgIpc) is 2.29. The van der Waals surface area contributed by atoms with Gasteiger partial charge in [0.25, 0.3) is 5.56 Å². The molecular weight excluding hydrogens is 202 g/mol. The van der Waals surface area contributed by atoms with Crippen molar-refractivity contribution in [2.45, 2.75) is 51.0 Å². The Kier molecular flexibility index (Phi) is 3.39. The molecule has 0 saturated heterocycles. The zero-order valence-corrected chi connectivity index (χ0v) is 9.70. The van der Waals surface area contributed by atoms with Crippen molar-refractivity contribution in [1.29, 1.82) is 0 Å². The number of rotatable bonds is 2. The van der Waals surface area contributed by atoms with E-state index in [4.69, 9.17) is 5.73 Å². The lowest BCUT2D eigenvalue weighted by Crippen LogP contribution is -2.20. The second-order valence-electron chi connectivity index (χ2n) is 4.68. The minimum atomic E-state index is -0.176. The highest BCUT2D eigenvalue weighted by molar-refractivity contribution is 5.09. The standard InChI is InChI=1S/C12H19N3O/c1-8(13)10-7-11(16)15-12(14-10)9-5-3-2-4-6-9/h7-9H,2-6,13H2,1H3,(H,14,15,16). The fourth-order valence-corrected chi connectivity index (χ4v) is 2.30. The number of nitrogens with two attached hydrogens (primary N) is 1. The van der Waals surface area contributed by atoms with Crippen LogP contribution in [0.25, 0.3) is 0 Å². The summed E-state index contributed by atoms with van der Waals surface area (Å²) in [5, 5.41) is 0. The van der Waals surface area contributed by atoms with Crippen molar-refractivity contribution in [3.05, 3.63) is 27.9 Å². The van der Waals surface area contributed by atoms with Crippen molar-refractivity contribution in [1.82, 2.24) is 9.97 Å². The van der Waals surface area contributed by atoms with Gasteiger partial charge in [0.15, 0.2) is 0 Å². The lowest BCUT2D eigenvalue weighted by molar-refractivity contribution is 0.426. The molecule has 16 heavy (non-hydrogen) atoms. The van der Waals surface area contributed by atoms with Gasteiger partial charge in [-0.2, -0.15) is 0 Å². The van der Waals surface area contributed by atoms with Crippen LogP contribution in [0, 0.1) is 0 Å². The molecule has 4 nitrogen and oxygen atoms in total. The van der Waals surface area contributed by atoms with E-state index in [0.29, 0.717) is 11.6 Å². The van der Waals surface area contributed by atoms with Crippen LogP contribution < -0.4 is 11.3 Å². The summed E-state index contributed by atoms with van der Waals surface area (Å²) in [6.07, 6.45) is 6.03. The molecule has 0 aliphatic heterocycles. The molecule has 1 fully saturated rings.